The monoisotopic (exact) mass is 342 g/mol. The molecule has 0 heterocycles. The van der Waals surface area contributed by atoms with Crippen LogP contribution < -0.4 is 0 Å². The largest absolute Gasteiger partial charge is 0.377 e. The number of rotatable bonds is 6. The van der Waals surface area contributed by atoms with E-state index in [1.165, 1.54) is 37.5 Å². The van der Waals surface area contributed by atoms with E-state index in [0.717, 1.165) is 25.4 Å². The van der Waals surface area contributed by atoms with Gasteiger partial charge in [-0.2, -0.15) is 0 Å². The Morgan fingerprint density at radius 2 is 1.88 bits per heavy atom. The van der Waals surface area contributed by atoms with Crippen molar-refractivity contribution in [2.45, 2.75) is 65.9 Å². The number of benzene rings is 1. The zero-order valence-electron chi connectivity index (χ0n) is 16.2. The first-order valence-corrected chi connectivity index (χ1v) is 10.0. The fourth-order valence-corrected chi connectivity index (χ4v) is 6.06. The number of fused-ring (bicyclic) bond motifs is 1. The van der Waals surface area contributed by atoms with Crippen molar-refractivity contribution >= 4 is 6.29 Å². The van der Waals surface area contributed by atoms with Gasteiger partial charge in [0.25, 0.3) is 0 Å². The van der Waals surface area contributed by atoms with Gasteiger partial charge in [-0.05, 0) is 60.3 Å². The molecule has 0 saturated heterocycles. The second-order valence-corrected chi connectivity index (χ2v) is 9.21. The molecule has 25 heavy (non-hydrogen) atoms. The van der Waals surface area contributed by atoms with Crippen molar-refractivity contribution < 1.29 is 9.53 Å². The molecule has 1 aromatic carbocycles. The minimum atomic E-state index is 0.218. The standard InChI is InChI=1S/C23H34O2/c1-22(2)13-7-14-23(3)20(19(16-24)10-11-21(22)23)12-15-25-17-18-8-5-4-6-9-18/h4-6,8-9,16,19-21H,7,10-15,17H2,1-3H3/t19-,20+,21?,23-/m1/s1. The van der Waals surface area contributed by atoms with E-state index in [9.17, 15) is 4.79 Å². The summed E-state index contributed by atoms with van der Waals surface area (Å²) in [6, 6.07) is 10.4. The van der Waals surface area contributed by atoms with Gasteiger partial charge < -0.3 is 9.53 Å². The van der Waals surface area contributed by atoms with E-state index in [1.807, 2.05) is 6.07 Å². The molecule has 0 N–H and O–H groups in total. The second kappa shape index (κ2) is 7.61. The van der Waals surface area contributed by atoms with Crippen molar-refractivity contribution in [3.8, 4) is 0 Å². The SMILES string of the molecule is CC1(C)CCC[C@@]2(C)C1CC[C@H](C=O)[C@@H]2CCOCc1ccccc1. The highest BCUT2D eigenvalue weighted by molar-refractivity contribution is 5.54. The van der Waals surface area contributed by atoms with Crippen LogP contribution in [0.5, 0.6) is 0 Å². The van der Waals surface area contributed by atoms with Gasteiger partial charge in [-0.15, -0.1) is 0 Å². The van der Waals surface area contributed by atoms with E-state index in [0.29, 0.717) is 23.4 Å². The minimum Gasteiger partial charge on any atom is -0.377 e. The van der Waals surface area contributed by atoms with E-state index < -0.39 is 0 Å². The number of carbonyl (C=O) groups excluding carboxylic acids is 1. The number of carbonyl (C=O) groups is 1. The Balaban J connectivity index is 1.65. The summed E-state index contributed by atoms with van der Waals surface area (Å²) in [5.41, 5.74) is 1.92. The Labute approximate surface area is 153 Å². The van der Waals surface area contributed by atoms with Crippen molar-refractivity contribution in [3.63, 3.8) is 0 Å². The third-order valence-electron chi connectivity index (χ3n) is 7.29. The van der Waals surface area contributed by atoms with Crippen molar-refractivity contribution in [2.24, 2.45) is 28.6 Å². The molecule has 2 saturated carbocycles. The van der Waals surface area contributed by atoms with Gasteiger partial charge in [-0.25, -0.2) is 0 Å². The maximum Gasteiger partial charge on any atom is 0.123 e. The third-order valence-corrected chi connectivity index (χ3v) is 7.29. The van der Waals surface area contributed by atoms with Gasteiger partial charge in [0, 0.05) is 12.5 Å². The van der Waals surface area contributed by atoms with Gasteiger partial charge in [0.05, 0.1) is 6.61 Å². The highest BCUT2D eigenvalue weighted by Gasteiger charge is 2.54. The van der Waals surface area contributed by atoms with Crippen LogP contribution in [0.2, 0.25) is 0 Å². The molecule has 4 atom stereocenters. The van der Waals surface area contributed by atoms with Gasteiger partial charge in [-0.3, -0.25) is 0 Å². The van der Waals surface area contributed by atoms with Crippen LogP contribution in [0.15, 0.2) is 30.3 Å². The first-order chi connectivity index (χ1) is 12.0. The van der Waals surface area contributed by atoms with E-state index in [2.05, 4.69) is 45.0 Å². The van der Waals surface area contributed by atoms with Crippen LogP contribution in [0.3, 0.4) is 0 Å². The summed E-state index contributed by atoms with van der Waals surface area (Å²) in [7, 11) is 0. The summed E-state index contributed by atoms with van der Waals surface area (Å²) >= 11 is 0. The number of hydrogen-bond donors (Lipinski definition) is 0. The summed E-state index contributed by atoms with van der Waals surface area (Å²) in [5, 5.41) is 0. The fourth-order valence-electron chi connectivity index (χ4n) is 6.06. The minimum absolute atomic E-state index is 0.218. The molecular weight excluding hydrogens is 308 g/mol. The number of ether oxygens (including phenoxy) is 1. The molecule has 3 rings (SSSR count). The zero-order valence-corrected chi connectivity index (χ0v) is 16.2. The van der Waals surface area contributed by atoms with Crippen molar-refractivity contribution in [3.05, 3.63) is 35.9 Å². The summed E-state index contributed by atoms with van der Waals surface area (Å²) in [5.74, 6) is 1.43. The third kappa shape index (κ3) is 3.84. The highest BCUT2D eigenvalue weighted by atomic mass is 16.5. The first kappa shape index (κ1) is 18.6. The molecule has 0 bridgehead atoms. The lowest BCUT2D eigenvalue weighted by atomic mass is 9.46. The van der Waals surface area contributed by atoms with Crippen LogP contribution in [0.4, 0.5) is 0 Å². The molecule has 2 nitrogen and oxygen atoms in total. The molecule has 1 aromatic rings. The predicted octanol–water partition coefficient (Wildman–Crippen LogP) is 5.65. The summed E-state index contributed by atoms with van der Waals surface area (Å²) in [4.78, 5) is 11.8. The molecule has 2 aliphatic carbocycles. The molecule has 138 valence electrons. The summed E-state index contributed by atoms with van der Waals surface area (Å²) in [6.45, 7) is 8.78. The van der Waals surface area contributed by atoms with E-state index in [-0.39, 0.29) is 5.92 Å². The highest BCUT2D eigenvalue weighted by Crippen LogP contribution is 2.61. The molecular formula is C23H34O2. The molecule has 0 spiro atoms. The van der Waals surface area contributed by atoms with Gasteiger partial charge >= 0.3 is 0 Å². The Morgan fingerprint density at radius 3 is 2.60 bits per heavy atom. The maximum absolute atomic E-state index is 11.8. The van der Waals surface area contributed by atoms with E-state index in [4.69, 9.17) is 4.74 Å². The summed E-state index contributed by atoms with van der Waals surface area (Å²) in [6.07, 6.45) is 8.44. The van der Waals surface area contributed by atoms with Crippen molar-refractivity contribution in [2.75, 3.05) is 6.61 Å². The topological polar surface area (TPSA) is 26.3 Å². The Kier molecular flexibility index (Phi) is 5.68. The van der Waals surface area contributed by atoms with Crippen LogP contribution in [0.25, 0.3) is 0 Å². The first-order valence-electron chi connectivity index (χ1n) is 10.0. The molecule has 0 radical (unpaired) electrons. The molecule has 2 aliphatic rings. The fraction of sp³-hybridized carbons (Fsp3) is 0.696. The maximum atomic E-state index is 11.8. The number of aldehydes is 1. The summed E-state index contributed by atoms with van der Waals surface area (Å²) < 4.78 is 5.98. The van der Waals surface area contributed by atoms with Crippen LogP contribution in [0, 0.1) is 28.6 Å². The van der Waals surface area contributed by atoms with Crippen LogP contribution in [-0.4, -0.2) is 12.9 Å². The normalized spacial score (nSPS) is 34.3. The van der Waals surface area contributed by atoms with Crippen molar-refractivity contribution in [1.29, 1.82) is 0 Å². The Bertz CT molecular complexity index is 565. The Morgan fingerprint density at radius 1 is 1.12 bits per heavy atom. The van der Waals surface area contributed by atoms with Gasteiger partial charge in [0.2, 0.25) is 0 Å². The van der Waals surface area contributed by atoms with Gasteiger partial charge in [0.1, 0.15) is 6.29 Å². The average Bonchev–Trinajstić information content (AvgIpc) is 2.59. The van der Waals surface area contributed by atoms with E-state index in [1.54, 1.807) is 0 Å². The molecule has 0 aromatic heterocycles. The lowest BCUT2D eigenvalue weighted by Crippen LogP contribution is -2.52. The van der Waals surface area contributed by atoms with Crippen molar-refractivity contribution in [1.82, 2.24) is 0 Å². The number of hydrogen-bond acceptors (Lipinski definition) is 2. The van der Waals surface area contributed by atoms with E-state index >= 15 is 0 Å². The zero-order chi connectivity index (χ0) is 17.9. The molecule has 2 fully saturated rings. The van der Waals surface area contributed by atoms with Crippen LogP contribution >= 0.6 is 0 Å². The quantitative estimate of drug-likeness (QED) is 0.493. The average molecular weight is 343 g/mol. The van der Waals surface area contributed by atoms with Gasteiger partial charge in [0.15, 0.2) is 0 Å². The van der Waals surface area contributed by atoms with Crippen LogP contribution in [0.1, 0.15) is 64.9 Å². The van der Waals surface area contributed by atoms with Crippen LogP contribution in [-0.2, 0) is 16.1 Å². The van der Waals surface area contributed by atoms with Gasteiger partial charge in [-0.1, -0.05) is 57.5 Å². The molecule has 0 amide bonds. The molecule has 1 unspecified atom stereocenters. The lowest BCUT2D eigenvalue weighted by molar-refractivity contribution is -0.131. The predicted molar refractivity (Wildman–Crippen MR) is 102 cm³/mol. The lowest BCUT2D eigenvalue weighted by Gasteiger charge is -2.59. The molecule has 2 heteroatoms. The second-order valence-electron chi connectivity index (χ2n) is 9.21. The molecule has 0 aliphatic heterocycles. The smallest absolute Gasteiger partial charge is 0.123 e. The Hall–Kier alpha value is -1.15.